The number of aromatic nitrogens is 3. The zero-order valence-corrected chi connectivity index (χ0v) is 22.8. The lowest BCUT2D eigenvalue weighted by Gasteiger charge is -2.16. The molecule has 0 saturated heterocycles. The molecular formula is C35H30N4O. The van der Waals surface area contributed by atoms with E-state index in [1.165, 1.54) is 5.56 Å². The molecule has 40 heavy (non-hydrogen) atoms. The Labute approximate surface area is 234 Å². The molecule has 0 atom stereocenters. The van der Waals surface area contributed by atoms with Gasteiger partial charge < -0.3 is 5.32 Å². The highest BCUT2D eigenvalue weighted by Crippen LogP contribution is 2.39. The number of hydrogen-bond acceptors (Lipinski definition) is 3. The fourth-order valence-corrected chi connectivity index (χ4v) is 5.07. The van der Waals surface area contributed by atoms with Crippen molar-refractivity contribution in [2.45, 2.75) is 27.3 Å². The van der Waals surface area contributed by atoms with Crippen molar-refractivity contribution >= 4 is 16.9 Å². The van der Waals surface area contributed by atoms with Crippen molar-refractivity contribution < 1.29 is 4.79 Å². The maximum atomic E-state index is 14.0. The predicted octanol–water partition coefficient (Wildman–Crippen LogP) is 7.61. The van der Waals surface area contributed by atoms with Crippen LogP contribution in [0.2, 0.25) is 0 Å². The summed E-state index contributed by atoms with van der Waals surface area (Å²) >= 11 is 0. The maximum Gasteiger partial charge on any atom is 0.254 e. The second-order valence-electron chi connectivity index (χ2n) is 10.1. The molecule has 0 fully saturated rings. The number of carbonyl (C=O) groups excluding carboxylic acids is 1. The Morgan fingerprint density at radius 1 is 0.725 bits per heavy atom. The number of nitrogens with one attached hydrogen (secondary N) is 1. The van der Waals surface area contributed by atoms with E-state index < -0.39 is 0 Å². The van der Waals surface area contributed by atoms with Gasteiger partial charge in [0.15, 0.2) is 5.65 Å². The Hall–Kier alpha value is -5.03. The molecule has 4 aromatic carbocycles. The van der Waals surface area contributed by atoms with Crippen molar-refractivity contribution in [3.63, 3.8) is 0 Å². The molecule has 0 aliphatic heterocycles. The zero-order chi connectivity index (χ0) is 27.6. The van der Waals surface area contributed by atoms with Crippen LogP contribution in [0.3, 0.4) is 0 Å². The first-order valence-electron chi connectivity index (χ1n) is 13.4. The molecule has 5 nitrogen and oxygen atoms in total. The molecule has 6 rings (SSSR count). The third-order valence-corrected chi connectivity index (χ3v) is 7.19. The largest absolute Gasteiger partial charge is 0.348 e. The average molecular weight is 523 g/mol. The molecule has 2 aromatic heterocycles. The van der Waals surface area contributed by atoms with Crippen LogP contribution in [0.1, 0.15) is 32.7 Å². The molecule has 1 amide bonds. The molecule has 5 heteroatoms. The van der Waals surface area contributed by atoms with Crippen molar-refractivity contribution in [2.75, 3.05) is 0 Å². The molecule has 0 aliphatic rings. The summed E-state index contributed by atoms with van der Waals surface area (Å²) in [4.78, 5) is 19.0. The van der Waals surface area contributed by atoms with Gasteiger partial charge >= 0.3 is 0 Å². The summed E-state index contributed by atoms with van der Waals surface area (Å²) in [6.45, 7) is 6.46. The van der Waals surface area contributed by atoms with Gasteiger partial charge in [0.25, 0.3) is 5.91 Å². The first-order valence-corrected chi connectivity index (χ1v) is 13.4. The highest BCUT2D eigenvalue weighted by atomic mass is 16.1. The first kappa shape index (κ1) is 25.3. The summed E-state index contributed by atoms with van der Waals surface area (Å²) in [5.41, 5.74) is 9.77. The fourth-order valence-electron chi connectivity index (χ4n) is 5.07. The Morgan fingerprint density at radius 3 is 1.98 bits per heavy atom. The van der Waals surface area contributed by atoms with Gasteiger partial charge in [-0.1, -0.05) is 108 Å². The van der Waals surface area contributed by atoms with E-state index in [1.54, 1.807) is 0 Å². The van der Waals surface area contributed by atoms with E-state index in [0.717, 1.165) is 44.6 Å². The SMILES string of the molecule is Cc1ccc(CNC(=O)c2c(C)nc3c(c(-c4ccccc4)nn3-c3ccccc3)c2-c2ccc(C)cc2)cc1. The lowest BCUT2D eigenvalue weighted by Crippen LogP contribution is -2.25. The molecule has 0 spiro atoms. The van der Waals surface area contributed by atoms with Crippen LogP contribution < -0.4 is 5.32 Å². The van der Waals surface area contributed by atoms with E-state index in [0.29, 0.717) is 23.4 Å². The second kappa shape index (κ2) is 10.6. The van der Waals surface area contributed by atoms with Gasteiger partial charge in [0, 0.05) is 17.7 Å². The third-order valence-electron chi connectivity index (χ3n) is 7.19. The summed E-state index contributed by atoms with van der Waals surface area (Å²) < 4.78 is 1.89. The van der Waals surface area contributed by atoms with E-state index in [2.05, 4.69) is 55.6 Å². The Kier molecular flexibility index (Phi) is 6.71. The van der Waals surface area contributed by atoms with Crippen LogP contribution >= 0.6 is 0 Å². The molecular weight excluding hydrogens is 492 g/mol. The highest BCUT2D eigenvalue weighted by Gasteiger charge is 2.26. The standard InChI is InChI=1S/C35H30N4O/c1-23-14-18-26(19-15-23)22-36-35(40)30-25(3)37-34-32(31(30)27-20-16-24(2)17-21-27)33(28-10-6-4-7-11-28)38-39(34)29-12-8-5-9-13-29/h4-21H,22H2,1-3H3,(H,36,40). The molecule has 0 radical (unpaired) electrons. The van der Waals surface area contributed by atoms with E-state index in [9.17, 15) is 4.79 Å². The summed E-state index contributed by atoms with van der Waals surface area (Å²) in [6, 6.07) is 36.6. The number of fused-ring (bicyclic) bond motifs is 1. The number of hydrogen-bond donors (Lipinski definition) is 1. The highest BCUT2D eigenvalue weighted by molar-refractivity contribution is 6.13. The van der Waals surface area contributed by atoms with Crippen molar-refractivity contribution in [3.05, 3.63) is 137 Å². The summed E-state index contributed by atoms with van der Waals surface area (Å²) in [5.74, 6) is -0.158. The lowest BCUT2D eigenvalue weighted by molar-refractivity contribution is 0.0950. The number of aryl methyl sites for hydroxylation is 3. The zero-order valence-electron chi connectivity index (χ0n) is 22.8. The number of benzene rings is 4. The van der Waals surface area contributed by atoms with Crippen molar-refractivity contribution in [1.29, 1.82) is 0 Å². The van der Waals surface area contributed by atoms with Gasteiger partial charge in [-0.2, -0.15) is 5.10 Å². The molecule has 0 saturated carbocycles. The van der Waals surface area contributed by atoms with Crippen LogP contribution in [0.15, 0.2) is 109 Å². The number of pyridine rings is 1. The topological polar surface area (TPSA) is 59.8 Å². The Balaban J connectivity index is 1.61. The van der Waals surface area contributed by atoms with Crippen molar-refractivity contribution in [3.8, 4) is 28.1 Å². The van der Waals surface area contributed by atoms with Crippen LogP contribution in [0.25, 0.3) is 39.1 Å². The summed E-state index contributed by atoms with van der Waals surface area (Å²) in [7, 11) is 0. The normalized spacial score (nSPS) is 11.1. The molecule has 6 aromatic rings. The smallest absolute Gasteiger partial charge is 0.254 e. The molecule has 0 aliphatic carbocycles. The van der Waals surface area contributed by atoms with Gasteiger partial charge in [-0.25, -0.2) is 9.67 Å². The van der Waals surface area contributed by atoms with Gasteiger partial charge in [0.05, 0.1) is 22.3 Å². The third kappa shape index (κ3) is 4.78. The number of nitrogens with zero attached hydrogens (tertiary/aromatic N) is 3. The van der Waals surface area contributed by atoms with Crippen LogP contribution in [0, 0.1) is 20.8 Å². The van der Waals surface area contributed by atoms with Crippen LogP contribution in [-0.2, 0) is 6.54 Å². The minimum Gasteiger partial charge on any atom is -0.348 e. The second-order valence-corrected chi connectivity index (χ2v) is 10.1. The number of para-hydroxylation sites is 1. The van der Waals surface area contributed by atoms with Gasteiger partial charge in [-0.15, -0.1) is 0 Å². The Bertz CT molecular complexity index is 1800. The minimum absolute atomic E-state index is 0.158. The summed E-state index contributed by atoms with van der Waals surface area (Å²) in [5, 5.41) is 9.10. The maximum absolute atomic E-state index is 14.0. The van der Waals surface area contributed by atoms with E-state index in [4.69, 9.17) is 10.1 Å². The van der Waals surface area contributed by atoms with Crippen molar-refractivity contribution in [1.82, 2.24) is 20.1 Å². The van der Waals surface area contributed by atoms with Crippen LogP contribution in [0.4, 0.5) is 0 Å². The van der Waals surface area contributed by atoms with Gasteiger partial charge in [0.1, 0.15) is 5.69 Å². The lowest BCUT2D eigenvalue weighted by atomic mass is 9.92. The van der Waals surface area contributed by atoms with Gasteiger partial charge in [-0.3, -0.25) is 4.79 Å². The van der Waals surface area contributed by atoms with E-state index >= 15 is 0 Å². The van der Waals surface area contributed by atoms with E-state index in [1.807, 2.05) is 84.4 Å². The molecule has 0 unspecified atom stereocenters. The Morgan fingerprint density at radius 2 is 1.32 bits per heavy atom. The van der Waals surface area contributed by atoms with Crippen molar-refractivity contribution in [2.24, 2.45) is 0 Å². The van der Waals surface area contributed by atoms with E-state index in [-0.39, 0.29) is 5.91 Å². The van der Waals surface area contributed by atoms with Crippen LogP contribution in [0.5, 0.6) is 0 Å². The molecule has 196 valence electrons. The predicted molar refractivity (Wildman–Crippen MR) is 162 cm³/mol. The number of amides is 1. The molecule has 1 N–H and O–H groups in total. The average Bonchev–Trinajstić information content (AvgIpc) is 3.36. The van der Waals surface area contributed by atoms with Crippen LogP contribution in [-0.4, -0.2) is 20.7 Å². The molecule has 0 bridgehead atoms. The summed E-state index contributed by atoms with van der Waals surface area (Å²) in [6.07, 6.45) is 0. The van der Waals surface area contributed by atoms with Gasteiger partial charge in [-0.05, 0) is 44.0 Å². The first-order chi connectivity index (χ1) is 19.5. The fraction of sp³-hybridized carbons (Fsp3) is 0.114. The minimum atomic E-state index is -0.158. The number of rotatable bonds is 6. The number of carbonyl (C=O) groups is 1. The molecule has 2 heterocycles. The monoisotopic (exact) mass is 522 g/mol. The van der Waals surface area contributed by atoms with Gasteiger partial charge in [0.2, 0.25) is 0 Å². The quantitative estimate of drug-likeness (QED) is 0.245.